The van der Waals surface area contributed by atoms with Crippen molar-refractivity contribution in [2.75, 3.05) is 0 Å². The summed E-state index contributed by atoms with van der Waals surface area (Å²) in [4.78, 5) is 0. The van der Waals surface area contributed by atoms with E-state index in [1.807, 2.05) is 24.3 Å². The van der Waals surface area contributed by atoms with E-state index >= 15 is 0 Å². The third-order valence-electron chi connectivity index (χ3n) is 5.30. The van der Waals surface area contributed by atoms with Gasteiger partial charge in [0.15, 0.2) is 10.8 Å². The van der Waals surface area contributed by atoms with Crippen LogP contribution in [0.15, 0.2) is 60.7 Å². The Hall–Kier alpha value is -4.00. The van der Waals surface area contributed by atoms with Crippen LogP contribution in [-0.4, -0.2) is 0 Å². The van der Waals surface area contributed by atoms with E-state index in [0.717, 1.165) is 12.1 Å². The summed E-state index contributed by atoms with van der Waals surface area (Å²) in [6.07, 6.45) is 2.85. The number of hydrogen-bond donors (Lipinski definition) is 0. The first-order valence-corrected chi connectivity index (χ1v) is 8.30. The molecule has 28 heavy (non-hydrogen) atoms. The maximum absolute atomic E-state index is 14.1. The van der Waals surface area contributed by atoms with Crippen molar-refractivity contribution >= 4 is 0 Å². The van der Waals surface area contributed by atoms with E-state index in [1.54, 1.807) is 0 Å². The lowest BCUT2D eigenvalue weighted by atomic mass is 9.45. The second-order valence-corrected chi connectivity index (χ2v) is 6.54. The molecule has 0 saturated heterocycles. The molecule has 0 atom stereocenters. The molecule has 1 aliphatic rings. The van der Waals surface area contributed by atoms with Gasteiger partial charge in [-0.05, 0) is 41.8 Å². The van der Waals surface area contributed by atoms with Gasteiger partial charge in [0, 0.05) is 0 Å². The summed E-state index contributed by atoms with van der Waals surface area (Å²) in [6, 6.07) is 17.9. The summed E-state index contributed by atoms with van der Waals surface area (Å²) in [5, 5.41) is 39.9. The minimum atomic E-state index is -2.25. The normalized spacial score (nSPS) is 18.1. The first-order valence-electron chi connectivity index (χ1n) is 8.30. The van der Waals surface area contributed by atoms with Crippen LogP contribution in [0.4, 0.5) is 8.78 Å². The highest BCUT2D eigenvalue weighted by Crippen LogP contribution is 2.60. The summed E-state index contributed by atoms with van der Waals surface area (Å²) in [7, 11) is 0. The van der Waals surface area contributed by atoms with E-state index in [-0.39, 0.29) is 17.5 Å². The van der Waals surface area contributed by atoms with Crippen LogP contribution >= 0.6 is 0 Å². The topological polar surface area (TPSA) is 95.2 Å². The molecule has 0 aromatic heterocycles. The molecule has 0 amide bonds. The SMILES string of the molecule is N#CC1(C#N)CC=CC(c2cccc(F)c2)(c2cccc(F)c2)C1(C#N)C#N. The second-order valence-electron chi connectivity index (χ2n) is 6.54. The molecule has 6 heteroatoms. The molecular formula is C22H12F2N4. The fourth-order valence-electron chi connectivity index (χ4n) is 3.96. The van der Waals surface area contributed by atoms with Gasteiger partial charge in [0.05, 0.1) is 29.7 Å². The fourth-order valence-corrected chi connectivity index (χ4v) is 3.96. The number of nitrogens with zero attached hydrogens (tertiary/aromatic N) is 4. The van der Waals surface area contributed by atoms with Crippen molar-refractivity contribution in [3.63, 3.8) is 0 Å². The highest BCUT2D eigenvalue weighted by Gasteiger charge is 2.68. The molecule has 0 radical (unpaired) electrons. The smallest absolute Gasteiger partial charge is 0.192 e. The van der Waals surface area contributed by atoms with Crippen LogP contribution in [-0.2, 0) is 5.41 Å². The summed E-state index contributed by atoms with van der Waals surface area (Å²) in [5.41, 5.74) is -5.67. The van der Waals surface area contributed by atoms with Gasteiger partial charge in [0.1, 0.15) is 11.6 Å². The molecule has 0 fully saturated rings. The number of rotatable bonds is 2. The zero-order chi connectivity index (χ0) is 20.4. The Morgan fingerprint density at radius 2 is 1.25 bits per heavy atom. The lowest BCUT2D eigenvalue weighted by Gasteiger charge is -2.48. The van der Waals surface area contributed by atoms with E-state index in [0.29, 0.717) is 0 Å². The Bertz CT molecular complexity index is 1070. The molecule has 0 heterocycles. The maximum atomic E-state index is 14.1. The van der Waals surface area contributed by atoms with Gasteiger partial charge in [-0.3, -0.25) is 0 Å². The van der Waals surface area contributed by atoms with Crippen LogP contribution in [0.25, 0.3) is 0 Å². The quantitative estimate of drug-likeness (QED) is 0.737. The van der Waals surface area contributed by atoms with Crippen molar-refractivity contribution in [1.82, 2.24) is 0 Å². The molecule has 134 valence electrons. The van der Waals surface area contributed by atoms with Crippen molar-refractivity contribution < 1.29 is 8.78 Å². The molecule has 0 saturated carbocycles. The van der Waals surface area contributed by atoms with Crippen LogP contribution in [0.2, 0.25) is 0 Å². The zero-order valence-electron chi connectivity index (χ0n) is 14.5. The van der Waals surface area contributed by atoms with E-state index in [9.17, 15) is 29.8 Å². The van der Waals surface area contributed by atoms with Crippen LogP contribution in [0.5, 0.6) is 0 Å². The Morgan fingerprint density at radius 3 is 1.64 bits per heavy atom. The summed E-state index contributed by atoms with van der Waals surface area (Å²) in [6.45, 7) is 0. The molecular weight excluding hydrogens is 358 g/mol. The largest absolute Gasteiger partial charge is 0.207 e. The van der Waals surface area contributed by atoms with Gasteiger partial charge in [-0.15, -0.1) is 0 Å². The number of hydrogen-bond acceptors (Lipinski definition) is 4. The van der Waals surface area contributed by atoms with Crippen LogP contribution in [0.1, 0.15) is 17.5 Å². The van der Waals surface area contributed by atoms with Gasteiger partial charge in [-0.2, -0.15) is 21.0 Å². The lowest BCUT2D eigenvalue weighted by Crippen LogP contribution is -2.55. The van der Waals surface area contributed by atoms with Gasteiger partial charge in [-0.25, -0.2) is 8.78 Å². The molecule has 2 aromatic rings. The average molecular weight is 370 g/mol. The van der Waals surface area contributed by atoms with Gasteiger partial charge in [-0.1, -0.05) is 36.4 Å². The van der Waals surface area contributed by atoms with E-state index in [2.05, 4.69) is 0 Å². The van der Waals surface area contributed by atoms with Crippen LogP contribution < -0.4 is 0 Å². The van der Waals surface area contributed by atoms with E-state index in [1.165, 1.54) is 48.6 Å². The molecule has 0 spiro atoms. The zero-order valence-corrected chi connectivity index (χ0v) is 14.5. The highest BCUT2D eigenvalue weighted by atomic mass is 19.1. The van der Waals surface area contributed by atoms with Gasteiger partial charge in [0.25, 0.3) is 0 Å². The minimum absolute atomic E-state index is 0.159. The van der Waals surface area contributed by atoms with Gasteiger partial charge < -0.3 is 0 Å². The van der Waals surface area contributed by atoms with Gasteiger partial charge >= 0.3 is 0 Å². The molecule has 0 unspecified atom stereocenters. The van der Waals surface area contributed by atoms with Crippen molar-refractivity contribution in [2.24, 2.45) is 10.8 Å². The third kappa shape index (κ3) is 2.23. The molecule has 1 aliphatic carbocycles. The molecule has 0 bridgehead atoms. The first kappa shape index (κ1) is 18.8. The second kappa shape index (κ2) is 6.62. The van der Waals surface area contributed by atoms with E-state index < -0.39 is 27.9 Å². The molecule has 2 aromatic carbocycles. The predicted octanol–water partition coefficient (Wildman–Crippen LogP) is 4.28. The van der Waals surface area contributed by atoms with Crippen molar-refractivity contribution in [1.29, 1.82) is 21.0 Å². The summed E-state index contributed by atoms with van der Waals surface area (Å²) in [5.74, 6) is -1.26. The number of benzene rings is 2. The molecule has 3 rings (SSSR count). The summed E-state index contributed by atoms with van der Waals surface area (Å²) >= 11 is 0. The van der Waals surface area contributed by atoms with Crippen LogP contribution in [0.3, 0.4) is 0 Å². The molecule has 0 N–H and O–H groups in total. The standard InChI is InChI=1S/C22H12F2N4/c23-18-6-1-4-16(10-18)22(17-5-2-7-19(24)11-17)9-3-8-20(12-25,13-26)21(22,14-27)15-28/h1-7,9-11H,8H2. The molecule has 0 aliphatic heterocycles. The Labute approximate surface area is 160 Å². The third-order valence-corrected chi connectivity index (χ3v) is 5.30. The molecule has 4 nitrogen and oxygen atoms in total. The number of halogens is 2. The van der Waals surface area contributed by atoms with E-state index in [4.69, 9.17) is 0 Å². The Morgan fingerprint density at radius 1 is 0.750 bits per heavy atom. The van der Waals surface area contributed by atoms with Crippen molar-refractivity contribution in [3.05, 3.63) is 83.4 Å². The average Bonchev–Trinajstić information content (AvgIpc) is 2.72. The van der Waals surface area contributed by atoms with Gasteiger partial charge in [0.2, 0.25) is 0 Å². The summed E-state index contributed by atoms with van der Waals surface area (Å²) < 4.78 is 28.2. The minimum Gasteiger partial charge on any atom is -0.207 e. The highest BCUT2D eigenvalue weighted by molar-refractivity contribution is 5.59. The monoisotopic (exact) mass is 370 g/mol. The maximum Gasteiger partial charge on any atom is 0.192 e. The van der Waals surface area contributed by atoms with Crippen molar-refractivity contribution in [2.45, 2.75) is 11.8 Å². The lowest BCUT2D eigenvalue weighted by molar-refractivity contribution is 0.203. The number of allylic oxidation sites excluding steroid dienone is 2. The Kier molecular flexibility index (Phi) is 4.44. The predicted molar refractivity (Wildman–Crippen MR) is 94.7 cm³/mol. The number of nitriles is 4. The van der Waals surface area contributed by atoms with Crippen molar-refractivity contribution in [3.8, 4) is 24.3 Å². The Balaban J connectivity index is 2.57. The van der Waals surface area contributed by atoms with Crippen LogP contribution in [0, 0.1) is 67.8 Å². The fraction of sp³-hybridized carbons (Fsp3) is 0.182. The first-order chi connectivity index (χ1) is 13.4.